The fraction of sp³-hybridized carbons (Fsp3) is 0.333. The smallest absolute Gasteiger partial charge is 0.295 e. The van der Waals surface area contributed by atoms with Gasteiger partial charge in [-0.2, -0.15) is 0 Å². The van der Waals surface area contributed by atoms with Gasteiger partial charge < -0.3 is 24.2 Å². The van der Waals surface area contributed by atoms with Crippen LogP contribution in [0.3, 0.4) is 0 Å². The minimum Gasteiger partial charge on any atom is -0.507 e. The average Bonchev–Trinajstić information content (AvgIpc) is 3.36. The number of hydrogen-bond donors (Lipinski definition) is 1. The van der Waals surface area contributed by atoms with Crippen LogP contribution in [0.1, 0.15) is 22.9 Å². The molecule has 1 fully saturated rings. The van der Waals surface area contributed by atoms with Crippen LogP contribution in [-0.4, -0.2) is 56.2 Å². The Morgan fingerprint density at radius 2 is 1.90 bits per heavy atom. The molecule has 1 saturated heterocycles. The zero-order valence-corrected chi connectivity index (χ0v) is 19.4. The van der Waals surface area contributed by atoms with Crippen LogP contribution in [-0.2, 0) is 14.3 Å². The number of carbonyl (C=O) groups excluding carboxylic acids is 2. The molecule has 10 heteroatoms. The summed E-state index contributed by atoms with van der Waals surface area (Å²) in [6.45, 7) is 0.719. The third-order valence-electron chi connectivity index (χ3n) is 4.89. The Morgan fingerprint density at radius 1 is 1.19 bits per heavy atom. The lowest BCUT2D eigenvalue weighted by molar-refractivity contribution is -0.140. The van der Waals surface area contributed by atoms with Gasteiger partial charge in [0.1, 0.15) is 10.8 Å². The Bertz CT molecular complexity index is 1020. The lowest BCUT2D eigenvalue weighted by Gasteiger charge is -2.24. The Labute approximate surface area is 193 Å². The normalized spacial score (nSPS) is 18.0. The van der Waals surface area contributed by atoms with E-state index in [4.69, 9.17) is 37.4 Å². The van der Waals surface area contributed by atoms with E-state index < -0.39 is 23.5 Å². The van der Waals surface area contributed by atoms with E-state index in [0.29, 0.717) is 19.6 Å². The van der Waals surface area contributed by atoms with Gasteiger partial charge in [-0.15, -0.1) is 11.3 Å². The number of Topliss-reactive ketones (excluding diaryl/α,β-unsaturated/α-hetero) is 1. The highest BCUT2D eigenvalue weighted by molar-refractivity contribution is 7.10. The van der Waals surface area contributed by atoms with Crippen LogP contribution in [0.25, 0.3) is 5.76 Å². The van der Waals surface area contributed by atoms with E-state index in [-0.39, 0.29) is 32.7 Å². The first kappa shape index (κ1) is 23.4. The number of carbonyl (C=O) groups is 2. The predicted octanol–water partition coefficient (Wildman–Crippen LogP) is 4.53. The molecule has 0 saturated carbocycles. The monoisotopic (exact) mass is 485 g/mol. The van der Waals surface area contributed by atoms with Gasteiger partial charge in [0, 0.05) is 25.1 Å². The maximum absolute atomic E-state index is 13.0. The Morgan fingerprint density at radius 3 is 2.48 bits per heavy atom. The number of aliphatic hydroxyl groups excluding tert-OH is 1. The second kappa shape index (κ2) is 9.91. The van der Waals surface area contributed by atoms with Gasteiger partial charge in [-0.1, -0.05) is 29.3 Å². The topological polar surface area (TPSA) is 85.3 Å². The highest BCUT2D eigenvalue weighted by Crippen LogP contribution is 2.47. The Kier molecular flexibility index (Phi) is 7.48. The van der Waals surface area contributed by atoms with Gasteiger partial charge in [0.05, 0.1) is 36.4 Å². The third kappa shape index (κ3) is 4.25. The first-order valence-electron chi connectivity index (χ1n) is 9.28. The zero-order chi connectivity index (χ0) is 22.7. The van der Waals surface area contributed by atoms with E-state index in [1.807, 2.05) is 17.5 Å². The first-order chi connectivity index (χ1) is 14.9. The number of amides is 1. The van der Waals surface area contributed by atoms with E-state index in [1.54, 1.807) is 7.11 Å². The number of thiophene rings is 1. The molecule has 2 heterocycles. The van der Waals surface area contributed by atoms with Crippen molar-refractivity contribution in [1.29, 1.82) is 0 Å². The molecule has 1 N–H and O–H groups in total. The van der Waals surface area contributed by atoms with Gasteiger partial charge in [-0.25, -0.2) is 0 Å². The first-order valence-corrected chi connectivity index (χ1v) is 10.9. The molecular formula is C21H21Cl2NO6S. The number of nitrogens with zero attached hydrogens (tertiary/aromatic N) is 1. The molecule has 1 aromatic carbocycles. The van der Waals surface area contributed by atoms with Gasteiger partial charge in [0.15, 0.2) is 11.5 Å². The number of rotatable bonds is 8. The van der Waals surface area contributed by atoms with Crippen molar-refractivity contribution in [3.05, 3.63) is 49.6 Å². The van der Waals surface area contributed by atoms with E-state index in [0.717, 1.165) is 4.88 Å². The zero-order valence-electron chi connectivity index (χ0n) is 17.1. The maximum Gasteiger partial charge on any atom is 0.295 e. The van der Waals surface area contributed by atoms with Crippen molar-refractivity contribution >= 4 is 52.0 Å². The summed E-state index contributed by atoms with van der Waals surface area (Å²) in [4.78, 5) is 28.0. The van der Waals surface area contributed by atoms with Crippen molar-refractivity contribution < 1.29 is 28.9 Å². The molecule has 1 aromatic heterocycles. The van der Waals surface area contributed by atoms with Crippen molar-refractivity contribution in [1.82, 2.24) is 4.90 Å². The molecule has 0 aliphatic carbocycles. The van der Waals surface area contributed by atoms with Crippen LogP contribution in [0.2, 0.25) is 10.0 Å². The van der Waals surface area contributed by atoms with Crippen molar-refractivity contribution in [3.63, 3.8) is 0 Å². The largest absolute Gasteiger partial charge is 0.507 e. The summed E-state index contributed by atoms with van der Waals surface area (Å²) >= 11 is 14.0. The molecular weight excluding hydrogens is 465 g/mol. The lowest BCUT2D eigenvalue weighted by Crippen LogP contribution is -2.31. The number of likely N-dealkylation sites (tertiary alicyclic amines) is 1. The molecule has 1 aliphatic heterocycles. The van der Waals surface area contributed by atoms with E-state index in [9.17, 15) is 14.7 Å². The summed E-state index contributed by atoms with van der Waals surface area (Å²) in [5.74, 6) is -1.66. The summed E-state index contributed by atoms with van der Waals surface area (Å²) in [5, 5.41) is 13.2. The molecule has 1 amide bonds. The van der Waals surface area contributed by atoms with Crippen LogP contribution in [0.15, 0.2) is 29.2 Å². The number of aliphatic hydroxyl groups is 1. The van der Waals surface area contributed by atoms with Crippen LogP contribution in [0, 0.1) is 0 Å². The quantitative estimate of drug-likeness (QED) is 0.256. The molecule has 31 heavy (non-hydrogen) atoms. The summed E-state index contributed by atoms with van der Waals surface area (Å²) in [7, 11) is 4.33. The minimum absolute atomic E-state index is 0.0426. The fourth-order valence-corrected chi connectivity index (χ4v) is 5.06. The van der Waals surface area contributed by atoms with E-state index in [1.165, 1.54) is 36.5 Å². The van der Waals surface area contributed by atoms with Gasteiger partial charge >= 0.3 is 0 Å². The fourth-order valence-electron chi connectivity index (χ4n) is 3.52. The minimum atomic E-state index is -0.793. The van der Waals surface area contributed by atoms with Gasteiger partial charge in [0.25, 0.3) is 11.7 Å². The molecule has 0 radical (unpaired) electrons. The van der Waals surface area contributed by atoms with Crippen molar-refractivity contribution in [2.45, 2.75) is 12.5 Å². The molecule has 1 unspecified atom stereocenters. The number of benzene rings is 1. The van der Waals surface area contributed by atoms with Crippen LogP contribution >= 0.6 is 34.5 Å². The molecule has 3 rings (SSSR count). The number of halogens is 2. The standard InChI is InChI=1S/C21H21Cl2NO6S/c1-28-8-5-7-24-16(13-6-4-9-31-13)14(18(26)21(24)27)17(25)11-10-12(22)20(30-3)15(23)19(11)29-2/h4,6,9-10,16,25H,5,7-8H2,1-3H3/b17-14-. The summed E-state index contributed by atoms with van der Waals surface area (Å²) < 4.78 is 15.6. The number of hydrogen-bond acceptors (Lipinski definition) is 7. The average molecular weight is 486 g/mol. The molecule has 7 nitrogen and oxygen atoms in total. The molecule has 1 atom stereocenters. The highest BCUT2D eigenvalue weighted by Gasteiger charge is 2.46. The SMILES string of the molecule is COCCCN1C(=O)C(=O)/C(=C(\O)c2cc(Cl)c(OC)c(Cl)c2OC)C1c1cccs1. The van der Waals surface area contributed by atoms with Gasteiger partial charge in [-0.05, 0) is 23.9 Å². The summed E-state index contributed by atoms with van der Waals surface area (Å²) in [6, 6.07) is 4.27. The molecule has 2 aromatic rings. The van der Waals surface area contributed by atoms with Crippen LogP contribution < -0.4 is 9.47 Å². The van der Waals surface area contributed by atoms with Gasteiger partial charge in [0.2, 0.25) is 0 Å². The van der Waals surface area contributed by atoms with Crippen LogP contribution in [0.4, 0.5) is 0 Å². The van der Waals surface area contributed by atoms with Gasteiger partial charge in [-0.3, -0.25) is 9.59 Å². The van der Waals surface area contributed by atoms with Crippen LogP contribution in [0.5, 0.6) is 11.5 Å². The number of ketones is 1. The lowest BCUT2D eigenvalue weighted by atomic mass is 9.99. The molecule has 166 valence electrons. The maximum atomic E-state index is 13.0. The van der Waals surface area contributed by atoms with Crippen molar-refractivity contribution in [3.8, 4) is 11.5 Å². The third-order valence-corrected chi connectivity index (χ3v) is 6.44. The summed E-state index contributed by atoms with van der Waals surface area (Å²) in [5.41, 5.74) is 0.0372. The Hall–Kier alpha value is -2.26. The molecule has 0 spiro atoms. The molecule has 0 bridgehead atoms. The number of methoxy groups -OCH3 is 3. The molecule has 1 aliphatic rings. The predicted molar refractivity (Wildman–Crippen MR) is 119 cm³/mol. The van der Waals surface area contributed by atoms with Crippen molar-refractivity contribution in [2.24, 2.45) is 0 Å². The highest BCUT2D eigenvalue weighted by atomic mass is 35.5. The Balaban J connectivity index is 2.20. The summed E-state index contributed by atoms with van der Waals surface area (Å²) in [6.07, 6.45) is 0.537. The second-order valence-corrected chi connectivity index (χ2v) is 8.41. The number of ether oxygens (including phenoxy) is 3. The second-order valence-electron chi connectivity index (χ2n) is 6.64. The van der Waals surface area contributed by atoms with E-state index >= 15 is 0 Å². The van der Waals surface area contributed by atoms with Crippen molar-refractivity contribution in [2.75, 3.05) is 34.5 Å². The van der Waals surface area contributed by atoms with E-state index in [2.05, 4.69) is 0 Å².